The molecule has 2 nitrogen and oxygen atoms in total. The van der Waals surface area contributed by atoms with Gasteiger partial charge in [0.25, 0.3) is 0 Å². The highest BCUT2D eigenvalue weighted by Gasteiger charge is 2.23. The molecule has 1 amide bonds. The summed E-state index contributed by atoms with van der Waals surface area (Å²) in [6.07, 6.45) is 6.83. The smallest absolute Gasteiger partial charge is 0.207 e. The Labute approximate surface area is 116 Å². The lowest BCUT2D eigenvalue weighted by Gasteiger charge is -2.25. The lowest BCUT2D eigenvalue weighted by Crippen LogP contribution is -2.36. The van der Waals surface area contributed by atoms with E-state index in [9.17, 15) is 9.18 Å². The van der Waals surface area contributed by atoms with Gasteiger partial charge in [0.1, 0.15) is 5.82 Å². The number of benzene rings is 1. The Morgan fingerprint density at radius 2 is 1.95 bits per heavy atom. The topological polar surface area (TPSA) is 29.1 Å². The SMILES string of the molecule is CC(C)(NC=O)c1ccc(C#CS(C)(C)C)cc1F. The first kappa shape index (κ1) is 15.6. The maximum Gasteiger partial charge on any atom is 0.207 e. The molecule has 19 heavy (non-hydrogen) atoms. The van der Waals surface area contributed by atoms with Gasteiger partial charge in [-0.25, -0.2) is 4.39 Å². The molecule has 0 spiro atoms. The predicted molar refractivity (Wildman–Crippen MR) is 80.9 cm³/mol. The summed E-state index contributed by atoms with van der Waals surface area (Å²) in [4.78, 5) is 10.5. The fraction of sp³-hybridized carbons (Fsp3) is 0.400. The molecule has 4 heteroatoms. The first-order valence-electron chi connectivity index (χ1n) is 5.88. The van der Waals surface area contributed by atoms with Crippen LogP contribution in [0.25, 0.3) is 0 Å². The van der Waals surface area contributed by atoms with E-state index in [4.69, 9.17) is 0 Å². The molecule has 0 bridgehead atoms. The normalized spacial score (nSPS) is 12.3. The van der Waals surface area contributed by atoms with Crippen LogP contribution in [-0.4, -0.2) is 25.2 Å². The third kappa shape index (κ3) is 4.60. The Bertz CT molecular complexity index is 535. The third-order valence-corrected chi connectivity index (χ3v) is 3.28. The van der Waals surface area contributed by atoms with E-state index < -0.39 is 15.6 Å². The maximum absolute atomic E-state index is 14.1. The van der Waals surface area contributed by atoms with Crippen molar-refractivity contribution in [2.24, 2.45) is 0 Å². The van der Waals surface area contributed by atoms with E-state index in [0.29, 0.717) is 17.5 Å². The van der Waals surface area contributed by atoms with Crippen molar-refractivity contribution in [2.45, 2.75) is 19.4 Å². The largest absolute Gasteiger partial charge is 0.350 e. The van der Waals surface area contributed by atoms with Crippen molar-refractivity contribution in [1.82, 2.24) is 5.32 Å². The van der Waals surface area contributed by atoms with Gasteiger partial charge in [-0.05, 0) is 50.0 Å². The van der Waals surface area contributed by atoms with Gasteiger partial charge < -0.3 is 5.32 Å². The Balaban J connectivity index is 3.10. The van der Waals surface area contributed by atoms with Crippen LogP contribution in [0.2, 0.25) is 0 Å². The van der Waals surface area contributed by atoms with E-state index in [1.165, 1.54) is 6.07 Å². The summed E-state index contributed by atoms with van der Waals surface area (Å²) in [6, 6.07) is 4.88. The molecule has 0 atom stereocenters. The van der Waals surface area contributed by atoms with E-state index in [-0.39, 0.29) is 5.82 Å². The minimum absolute atomic E-state index is 0.352. The second-order valence-electron chi connectivity index (χ2n) is 5.65. The summed E-state index contributed by atoms with van der Waals surface area (Å²) < 4.78 is 14.1. The van der Waals surface area contributed by atoms with Gasteiger partial charge >= 0.3 is 0 Å². The summed E-state index contributed by atoms with van der Waals surface area (Å²) in [7, 11) is -0.925. The Kier molecular flexibility index (Phi) is 4.65. The summed E-state index contributed by atoms with van der Waals surface area (Å²) in [5.74, 6) is 2.64. The number of hydrogen-bond donors (Lipinski definition) is 1. The zero-order valence-corrected chi connectivity index (χ0v) is 12.8. The van der Waals surface area contributed by atoms with Gasteiger partial charge in [-0.1, -0.05) is 12.0 Å². The van der Waals surface area contributed by atoms with E-state index >= 15 is 0 Å². The predicted octanol–water partition coefficient (Wildman–Crippen LogP) is 2.81. The van der Waals surface area contributed by atoms with Gasteiger partial charge in [-0.3, -0.25) is 4.79 Å². The van der Waals surface area contributed by atoms with Gasteiger partial charge in [0.2, 0.25) is 6.41 Å². The maximum atomic E-state index is 14.1. The molecule has 104 valence electrons. The Morgan fingerprint density at radius 3 is 2.42 bits per heavy atom. The van der Waals surface area contributed by atoms with E-state index in [2.05, 4.69) is 35.3 Å². The third-order valence-electron chi connectivity index (χ3n) is 2.56. The average molecular weight is 281 g/mol. The lowest BCUT2D eigenvalue weighted by molar-refractivity contribution is -0.111. The van der Waals surface area contributed by atoms with Gasteiger partial charge in [0, 0.05) is 11.1 Å². The molecule has 0 saturated carbocycles. The number of halogens is 1. The van der Waals surface area contributed by atoms with Gasteiger partial charge in [-0.15, -0.1) is 0 Å². The van der Waals surface area contributed by atoms with Crippen LogP contribution in [-0.2, 0) is 10.3 Å². The molecule has 1 N–H and O–H groups in total. The van der Waals surface area contributed by atoms with Gasteiger partial charge in [0.05, 0.1) is 5.54 Å². The van der Waals surface area contributed by atoms with Crippen LogP contribution in [0.1, 0.15) is 25.0 Å². The highest BCUT2D eigenvalue weighted by Crippen LogP contribution is 2.32. The highest BCUT2D eigenvalue weighted by atomic mass is 32.3. The number of carbonyl (C=O) groups excluding carboxylic acids is 1. The molecule has 1 rings (SSSR count). The van der Waals surface area contributed by atoms with Crippen molar-refractivity contribution in [3.63, 3.8) is 0 Å². The zero-order valence-electron chi connectivity index (χ0n) is 12.0. The summed E-state index contributed by atoms with van der Waals surface area (Å²) in [5.41, 5.74) is 0.381. The molecule has 0 unspecified atom stereocenters. The number of carbonyl (C=O) groups is 1. The van der Waals surface area contributed by atoms with E-state index in [1.54, 1.807) is 26.0 Å². The molecular weight excluding hydrogens is 261 g/mol. The molecule has 0 aliphatic carbocycles. The molecular formula is C15H20FNOS. The summed E-state index contributed by atoms with van der Waals surface area (Å²) in [5, 5.41) is 5.75. The molecule has 0 fully saturated rings. The van der Waals surface area contributed by atoms with Crippen LogP contribution in [0, 0.1) is 17.0 Å². The highest BCUT2D eigenvalue weighted by molar-refractivity contribution is 8.35. The van der Waals surface area contributed by atoms with Crippen molar-refractivity contribution in [2.75, 3.05) is 18.8 Å². The Morgan fingerprint density at radius 1 is 1.32 bits per heavy atom. The van der Waals surface area contributed by atoms with Crippen LogP contribution in [0.3, 0.4) is 0 Å². The zero-order chi connectivity index (χ0) is 14.7. The van der Waals surface area contributed by atoms with Crippen LogP contribution in [0.4, 0.5) is 4.39 Å². The second-order valence-corrected chi connectivity index (χ2v) is 9.52. The molecule has 0 aliphatic rings. The number of rotatable bonds is 3. The molecule has 0 saturated heterocycles. The van der Waals surface area contributed by atoms with Crippen molar-refractivity contribution in [3.05, 3.63) is 35.1 Å². The van der Waals surface area contributed by atoms with E-state index in [0.717, 1.165) is 0 Å². The number of amides is 1. The second kappa shape index (κ2) is 5.66. The molecule has 0 aliphatic heterocycles. The summed E-state index contributed by atoms with van der Waals surface area (Å²) >= 11 is 0. The minimum atomic E-state index is -0.925. The van der Waals surface area contributed by atoms with Gasteiger partial charge in [-0.2, -0.15) is 10.0 Å². The Hall–Kier alpha value is -1.47. The van der Waals surface area contributed by atoms with Gasteiger partial charge in [0.15, 0.2) is 0 Å². The van der Waals surface area contributed by atoms with Crippen molar-refractivity contribution in [3.8, 4) is 11.2 Å². The monoisotopic (exact) mass is 281 g/mol. The quantitative estimate of drug-likeness (QED) is 0.670. The molecule has 1 aromatic rings. The minimum Gasteiger partial charge on any atom is -0.350 e. The van der Waals surface area contributed by atoms with Crippen molar-refractivity contribution in [1.29, 1.82) is 0 Å². The first-order chi connectivity index (χ1) is 8.65. The first-order valence-corrected chi connectivity index (χ1v) is 8.74. The lowest BCUT2D eigenvalue weighted by atomic mass is 9.93. The standard InChI is InChI=1S/C15H20FNOS/c1-15(2,17-11-18)13-7-6-12(10-14(13)16)8-9-19(3,4)5/h6-7,10-11H,1-5H3,(H,17,18). The summed E-state index contributed by atoms with van der Waals surface area (Å²) in [6.45, 7) is 3.51. The van der Waals surface area contributed by atoms with Crippen LogP contribution in [0.5, 0.6) is 0 Å². The molecule has 0 heterocycles. The molecule has 1 aromatic carbocycles. The van der Waals surface area contributed by atoms with Crippen molar-refractivity contribution >= 4 is 16.4 Å². The van der Waals surface area contributed by atoms with Crippen LogP contribution < -0.4 is 5.32 Å². The number of nitrogens with one attached hydrogen (secondary N) is 1. The fourth-order valence-electron chi connectivity index (χ4n) is 1.54. The number of hydrogen-bond acceptors (Lipinski definition) is 1. The molecule has 0 aromatic heterocycles. The molecule has 0 radical (unpaired) electrons. The van der Waals surface area contributed by atoms with E-state index in [1.807, 2.05) is 0 Å². The average Bonchev–Trinajstić information content (AvgIpc) is 2.25. The van der Waals surface area contributed by atoms with Crippen molar-refractivity contribution < 1.29 is 9.18 Å². The van der Waals surface area contributed by atoms with Crippen LogP contribution in [0.15, 0.2) is 18.2 Å². The van der Waals surface area contributed by atoms with Crippen LogP contribution >= 0.6 is 10.0 Å². The fourth-order valence-corrected chi connectivity index (χ4v) is 1.96.